The minimum absolute atomic E-state index is 0.0537. The Kier molecular flexibility index (Phi) is 3.72. The number of esters is 1. The van der Waals surface area contributed by atoms with Crippen LogP contribution in [0, 0.1) is 0 Å². The van der Waals surface area contributed by atoms with E-state index in [0.29, 0.717) is 6.92 Å². The summed E-state index contributed by atoms with van der Waals surface area (Å²) < 4.78 is 28.8. The number of rotatable bonds is 3. The van der Waals surface area contributed by atoms with Crippen molar-refractivity contribution >= 4 is 17.6 Å². The molecule has 0 spiro atoms. The summed E-state index contributed by atoms with van der Waals surface area (Å²) in [5.41, 5.74) is 0. The summed E-state index contributed by atoms with van der Waals surface area (Å²) in [6.45, 7) is 2.15. The molecule has 0 aliphatic rings. The second-order valence-electron chi connectivity index (χ2n) is 2.07. The fourth-order valence-electron chi connectivity index (χ4n) is 0.422. The van der Waals surface area contributed by atoms with E-state index in [1.165, 1.54) is 6.92 Å². The van der Waals surface area contributed by atoms with Crippen molar-refractivity contribution in [1.82, 2.24) is 0 Å². The Morgan fingerprint density at radius 2 is 2.18 bits per heavy atom. The van der Waals surface area contributed by atoms with E-state index in [1.807, 2.05) is 0 Å². The lowest BCUT2D eigenvalue weighted by atomic mass is 10.3. The summed E-state index contributed by atoms with van der Waals surface area (Å²) in [5.74, 6) is -4.31. The van der Waals surface area contributed by atoms with Crippen LogP contribution in [-0.2, 0) is 9.53 Å². The standard InChI is InChI=1S/C6H9ClF2O2/c1-3-11-5(10)4(7)6(2,8)9/h4H,3H2,1-2H3. The van der Waals surface area contributed by atoms with Crippen molar-refractivity contribution in [3.8, 4) is 0 Å². The van der Waals surface area contributed by atoms with Gasteiger partial charge < -0.3 is 4.74 Å². The summed E-state index contributed by atoms with van der Waals surface area (Å²) in [7, 11) is 0. The predicted octanol–water partition coefficient (Wildman–Crippen LogP) is 1.81. The minimum atomic E-state index is -3.23. The minimum Gasteiger partial charge on any atom is -0.465 e. The van der Waals surface area contributed by atoms with E-state index in [1.54, 1.807) is 0 Å². The first-order chi connectivity index (χ1) is 4.89. The van der Waals surface area contributed by atoms with Crippen LogP contribution in [0.5, 0.6) is 0 Å². The van der Waals surface area contributed by atoms with Gasteiger partial charge in [-0.1, -0.05) is 0 Å². The van der Waals surface area contributed by atoms with Gasteiger partial charge >= 0.3 is 5.97 Å². The third kappa shape index (κ3) is 3.51. The van der Waals surface area contributed by atoms with Gasteiger partial charge in [-0.05, 0) is 6.92 Å². The fourth-order valence-corrected chi connectivity index (χ4v) is 0.485. The average molecular weight is 187 g/mol. The Morgan fingerprint density at radius 3 is 2.45 bits per heavy atom. The number of alkyl halides is 3. The van der Waals surface area contributed by atoms with Crippen LogP contribution in [0.1, 0.15) is 13.8 Å². The first-order valence-electron chi connectivity index (χ1n) is 3.08. The van der Waals surface area contributed by atoms with Crippen molar-refractivity contribution in [2.45, 2.75) is 25.1 Å². The molecule has 0 amide bonds. The summed E-state index contributed by atoms with van der Waals surface area (Å²) in [6.07, 6.45) is 0. The zero-order valence-corrected chi connectivity index (χ0v) is 6.99. The highest BCUT2D eigenvalue weighted by Gasteiger charge is 2.39. The number of ether oxygens (including phenoxy) is 1. The number of carbonyl (C=O) groups is 1. The molecule has 0 bridgehead atoms. The van der Waals surface area contributed by atoms with Gasteiger partial charge in [-0.3, -0.25) is 4.79 Å². The maximum atomic E-state index is 12.3. The lowest BCUT2D eigenvalue weighted by Crippen LogP contribution is -2.34. The molecular weight excluding hydrogens is 178 g/mol. The molecule has 66 valence electrons. The summed E-state index contributed by atoms with van der Waals surface area (Å²) in [4.78, 5) is 10.6. The van der Waals surface area contributed by atoms with E-state index < -0.39 is 17.3 Å². The molecule has 0 saturated heterocycles. The molecule has 0 aromatic carbocycles. The highest BCUT2D eigenvalue weighted by Crippen LogP contribution is 2.23. The molecule has 0 N–H and O–H groups in total. The van der Waals surface area contributed by atoms with E-state index in [4.69, 9.17) is 11.6 Å². The molecule has 0 aromatic rings. The normalized spacial score (nSPS) is 14.3. The van der Waals surface area contributed by atoms with Crippen molar-refractivity contribution in [2.24, 2.45) is 0 Å². The van der Waals surface area contributed by atoms with Gasteiger partial charge in [-0.15, -0.1) is 11.6 Å². The Labute approximate surface area is 68.5 Å². The zero-order chi connectivity index (χ0) is 9.07. The molecule has 0 aromatic heterocycles. The van der Waals surface area contributed by atoms with Gasteiger partial charge in [0.1, 0.15) is 0 Å². The quantitative estimate of drug-likeness (QED) is 0.496. The Bertz CT molecular complexity index is 144. The van der Waals surface area contributed by atoms with Gasteiger partial charge in [0, 0.05) is 6.92 Å². The SMILES string of the molecule is CCOC(=O)C(Cl)C(C)(F)F. The van der Waals surface area contributed by atoms with Crippen LogP contribution in [-0.4, -0.2) is 23.9 Å². The van der Waals surface area contributed by atoms with Crippen LogP contribution in [0.2, 0.25) is 0 Å². The van der Waals surface area contributed by atoms with Gasteiger partial charge in [0.2, 0.25) is 0 Å². The van der Waals surface area contributed by atoms with E-state index in [0.717, 1.165) is 0 Å². The number of carbonyl (C=O) groups excluding carboxylic acids is 1. The van der Waals surface area contributed by atoms with E-state index in [2.05, 4.69) is 4.74 Å². The number of hydrogen-bond donors (Lipinski definition) is 0. The number of hydrogen-bond acceptors (Lipinski definition) is 2. The largest absolute Gasteiger partial charge is 0.465 e. The fraction of sp³-hybridized carbons (Fsp3) is 0.833. The topological polar surface area (TPSA) is 26.3 Å². The molecular formula is C6H9ClF2O2. The summed E-state index contributed by atoms with van der Waals surface area (Å²) in [5, 5.41) is -1.89. The van der Waals surface area contributed by atoms with E-state index in [9.17, 15) is 13.6 Å². The Hall–Kier alpha value is -0.380. The summed E-state index contributed by atoms with van der Waals surface area (Å²) >= 11 is 5.06. The second kappa shape index (κ2) is 3.85. The molecule has 0 aliphatic carbocycles. The molecule has 0 saturated carbocycles. The molecule has 1 unspecified atom stereocenters. The van der Waals surface area contributed by atoms with Crippen LogP contribution >= 0.6 is 11.6 Å². The average Bonchev–Trinajstić information content (AvgIpc) is 1.85. The van der Waals surface area contributed by atoms with Crippen LogP contribution in [0.3, 0.4) is 0 Å². The Balaban J connectivity index is 4.03. The zero-order valence-electron chi connectivity index (χ0n) is 6.23. The highest BCUT2D eigenvalue weighted by molar-refractivity contribution is 6.30. The molecule has 1 atom stereocenters. The van der Waals surface area contributed by atoms with Gasteiger partial charge in [0.05, 0.1) is 6.61 Å². The first-order valence-corrected chi connectivity index (χ1v) is 3.51. The highest BCUT2D eigenvalue weighted by atomic mass is 35.5. The third-order valence-electron chi connectivity index (χ3n) is 0.939. The second-order valence-corrected chi connectivity index (χ2v) is 2.51. The van der Waals surface area contributed by atoms with E-state index >= 15 is 0 Å². The van der Waals surface area contributed by atoms with Gasteiger partial charge in [0.25, 0.3) is 5.92 Å². The molecule has 11 heavy (non-hydrogen) atoms. The van der Waals surface area contributed by atoms with Gasteiger partial charge in [0.15, 0.2) is 5.38 Å². The molecule has 0 fully saturated rings. The molecule has 0 heterocycles. The van der Waals surface area contributed by atoms with Crippen molar-refractivity contribution in [3.63, 3.8) is 0 Å². The first kappa shape index (κ1) is 10.6. The maximum absolute atomic E-state index is 12.3. The van der Waals surface area contributed by atoms with Crippen molar-refractivity contribution in [2.75, 3.05) is 6.61 Å². The monoisotopic (exact) mass is 186 g/mol. The van der Waals surface area contributed by atoms with Crippen LogP contribution in [0.4, 0.5) is 8.78 Å². The van der Waals surface area contributed by atoms with Gasteiger partial charge in [-0.25, -0.2) is 8.78 Å². The van der Waals surface area contributed by atoms with Crippen molar-refractivity contribution in [3.05, 3.63) is 0 Å². The predicted molar refractivity (Wildman–Crippen MR) is 36.9 cm³/mol. The van der Waals surface area contributed by atoms with E-state index in [-0.39, 0.29) is 6.61 Å². The molecule has 5 heteroatoms. The maximum Gasteiger partial charge on any atom is 0.330 e. The Morgan fingerprint density at radius 1 is 1.73 bits per heavy atom. The van der Waals surface area contributed by atoms with Crippen molar-refractivity contribution < 1.29 is 18.3 Å². The van der Waals surface area contributed by atoms with Crippen LogP contribution in [0.15, 0.2) is 0 Å². The lowest BCUT2D eigenvalue weighted by molar-refractivity contribution is -0.149. The molecule has 2 nitrogen and oxygen atoms in total. The molecule has 0 radical (unpaired) electrons. The van der Waals surface area contributed by atoms with Crippen molar-refractivity contribution in [1.29, 1.82) is 0 Å². The van der Waals surface area contributed by atoms with Crippen LogP contribution < -0.4 is 0 Å². The third-order valence-corrected chi connectivity index (χ3v) is 1.50. The van der Waals surface area contributed by atoms with Crippen LogP contribution in [0.25, 0.3) is 0 Å². The molecule has 0 rings (SSSR count). The smallest absolute Gasteiger partial charge is 0.330 e. The summed E-state index contributed by atoms with van der Waals surface area (Å²) in [6, 6.07) is 0. The lowest BCUT2D eigenvalue weighted by Gasteiger charge is -2.14. The van der Waals surface area contributed by atoms with Gasteiger partial charge in [-0.2, -0.15) is 0 Å². The number of halogens is 3. The molecule has 0 aliphatic heterocycles.